The lowest BCUT2D eigenvalue weighted by atomic mass is 10.1. The SMILES string of the molecule is NC(=O)C1Nc2ccccc2C(=O)N1O. The van der Waals surface area contributed by atoms with Crippen LogP contribution in [-0.2, 0) is 4.79 Å². The number of carbonyl (C=O) groups excluding carboxylic acids is 2. The van der Waals surface area contributed by atoms with Gasteiger partial charge >= 0.3 is 0 Å². The van der Waals surface area contributed by atoms with E-state index in [2.05, 4.69) is 5.32 Å². The number of anilines is 1. The van der Waals surface area contributed by atoms with E-state index in [1.165, 1.54) is 0 Å². The van der Waals surface area contributed by atoms with Gasteiger partial charge in [-0.2, -0.15) is 5.06 Å². The Labute approximate surface area is 85.2 Å². The fraction of sp³-hybridized carbons (Fsp3) is 0.111. The van der Waals surface area contributed by atoms with Crippen molar-refractivity contribution in [3.63, 3.8) is 0 Å². The van der Waals surface area contributed by atoms with Crippen molar-refractivity contribution in [2.75, 3.05) is 5.32 Å². The van der Waals surface area contributed by atoms with Crippen molar-refractivity contribution in [2.24, 2.45) is 5.73 Å². The van der Waals surface area contributed by atoms with Gasteiger partial charge in [-0.15, -0.1) is 0 Å². The summed E-state index contributed by atoms with van der Waals surface area (Å²) in [6.45, 7) is 0. The summed E-state index contributed by atoms with van der Waals surface area (Å²) in [4.78, 5) is 22.5. The molecule has 78 valence electrons. The van der Waals surface area contributed by atoms with Crippen molar-refractivity contribution in [1.82, 2.24) is 5.06 Å². The molecule has 1 unspecified atom stereocenters. The molecule has 15 heavy (non-hydrogen) atoms. The van der Waals surface area contributed by atoms with Crippen molar-refractivity contribution in [3.05, 3.63) is 29.8 Å². The summed E-state index contributed by atoms with van der Waals surface area (Å²) in [5, 5.41) is 12.3. The lowest BCUT2D eigenvalue weighted by molar-refractivity contribution is -0.136. The highest BCUT2D eigenvalue weighted by Crippen LogP contribution is 2.23. The second kappa shape index (κ2) is 3.25. The predicted octanol–water partition coefficient (Wildman–Crippen LogP) is -0.245. The van der Waals surface area contributed by atoms with Gasteiger partial charge in [0.25, 0.3) is 11.8 Å². The number of para-hydroxylation sites is 1. The molecule has 1 atom stereocenters. The molecule has 0 aromatic heterocycles. The number of amides is 2. The lowest BCUT2D eigenvalue weighted by Crippen LogP contribution is -2.53. The van der Waals surface area contributed by atoms with Crippen LogP contribution in [0.1, 0.15) is 10.4 Å². The Bertz CT molecular complexity index is 432. The first kappa shape index (κ1) is 9.47. The highest BCUT2D eigenvalue weighted by molar-refractivity contribution is 6.04. The fourth-order valence-corrected chi connectivity index (χ4v) is 1.44. The molecule has 1 aromatic carbocycles. The molecule has 0 fully saturated rings. The molecule has 1 heterocycles. The van der Waals surface area contributed by atoms with Crippen molar-refractivity contribution >= 4 is 17.5 Å². The molecule has 6 nitrogen and oxygen atoms in total. The van der Waals surface area contributed by atoms with Gasteiger partial charge in [0.1, 0.15) is 0 Å². The van der Waals surface area contributed by atoms with Crippen molar-refractivity contribution < 1.29 is 14.8 Å². The highest BCUT2D eigenvalue weighted by Gasteiger charge is 2.34. The zero-order chi connectivity index (χ0) is 11.0. The second-order valence-corrected chi connectivity index (χ2v) is 3.14. The number of carbonyl (C=O) groups is 2. The molecule has 6 heteroatoms. The lowest BCUT2D eigenvalue weighted by Gasteiger charge is -2.30. The number of nitrogens with two attached hydrogens (primary N) is 1. The maximum absolute atomic E-state index is 11.6. The zero-order valence-corrected chi connectivity index (χ0v) is 7.68. The van der Waals surface area contributed by atoms with Crippen LogP contribution < -0.4 is 11.1 Å². The van der Waals surface area contributed by atoms with Crippen LogP contribution in [0.5, 0.6) is 0 Å². The van der Waals surface area contributed by atoms with E-state index in [-0.39, 0.29) is 0 Å². The minimum atomic E-state index is -1.22. The summed E-state index contributed by atoms with van der Waals surface area (Å²) in [6.07, 6.45) is -1.22. The molecule has 2 rings (SSSR count). The number of hydroxylamine groups is 2. The van der Waals surface area contributed by atoms with Crippen LogP contribution in [0.15, 0.2) is 24.3 Å². The van der Waals surface area contributed by atoms with Crippen LogP contribution in [0, 0.1) is 0 Å². The minimum absolute atomic E-state index is 0.296. The van der Waals surface area contributed by atoms with E-state index in [4.69, 9.17) is 5.73 Å². The van der Waals surface area contributed by atoms with Crippen molar-refractivity contribution in [3.8, 4) is 0 Å². The topological polar surface area (TPSA) is 95.7 Å². The van der Waals surface area contributed by atoms with Gasteiger partial charge in [-0.05, 0) is 12.1 Å². The van der Waals surface area contributed by atoms with Gasteiger partial charge in [-0.3, -0.25) is 14.8 Å². The number of hydrogen-bond acceptors (Lipinski definition) is 4. The Morgan fingerprint density at radius 3 is 2.80 bits per heavy atom. The van der Waals surface area contributed by atoms with Crippen LogP contribution >= 0.6 is 0 Å². The Kier molecular flexibility index (Phi) is 2.05. The average molecular weight is 207 g/mol. The number of benzene rings is 1. The number of nitrogens with one attached hydrogen (secondary N) is 1. The molecule has 2 amide bonds. The maximum atomic E-state index is 11.6. The van der Waals surface area contributed by atoms with Gasteiger partial charge in [0.15, 0.2) is 0 Å². The van der Waals surface area contributed by atoms with Gasteiger partial charge in [0, 0.05) is 5.69 Å². The van der Waals surface area contributed by atoms with E-state index < -0.39 is 18.0 Å². The molecule has 1 aromatic rings. The van der Waals surface area contributed by atoms with Gasteiger partial charge in [0.2, 0.25) is 6.17 Å². The molecule has 0 bridgehead atoms. The first-order valence-electron chi connectivity index (χ1n) is 4.28. The molecule has 0 aliphatic carbocycles. The Morgan fingerprint density at radius 2 is 2.13 bits per heavy atom. The molecule has 4 N–H and O–H groups in total. The van der Waals surface area contributed by atoms with Gasteiger partial charge < -0.3 is 11.1 Å². The molecular formula is C9H9N3O3. The minimum Gasteiger partial charge on any atom is -0.366 e. The molecule has 0 saturated carbocycles. The number of primary amides is 1. The summed E-state index contributed by atoms with van der Waals surface area (Å²) in [6, 6.07) is 6.56. The Balaban J connectivity index is 2.45. The highest BCUT2D eigenvalue weighted by atomic mass is 16.5. The van der Waals surface area contributed by atoms with Crippen LogP contribution in [0.2, 0.25) is 0 Å². The smallest absolute Gasteiger partial charge is 0.281 e. The molecule has 1 aliphatic heterocycles. The number of nitrogens with zero attached hydrogens (tertiary/aromatic N) is 1. The average Bonchev–Trinajstić information content (AvgIpc) is 2.23. The van der Waals surface area contributed by atoms with E-state index >= 15 is 0 Å². The largest absolute Gasteiger partial charge is 0.366 e. The summed E-state index contributed by atoms with van der Waals surface area (Å²) in [5.41, 5.74) is 5.81. The molecular weight excluding hydrogens is 198 g/mol. The van der Waals surface area contributed by atoms with E-state index in [1.807, 2.05) is 0 Å². The predicted molar refractivity (Wildman–Crippen MR) is 51.0 cm³/mol. The van der Waals surface area contributed by atoms with Crippen molar-refractivity contribution in [2.45, 2.75) is 6.17 Å². The standard InChI is InChI=1S/C9H9N3O3/c10-7(13)8-11-6-4-2-1-3-5(6)9(14)12(8)15/h1-4,8,11,15H,(H2,10,13). The molecule has 0 saturated heterocycles. The fourth-order valence-electron chi connectivity index (χ4n) is 1.44. The molecule has 1 aliphatic rings. The summed E-state index contributed by atoms with van der Waals surface area (Å²) in [5.74, 6) is -1.46. The monoisotopic (exact) mass is 207 g/mol. The van der Waals surface area contributed by atoms with Crippen LogP contribution in [-0.4, -0.2) is 28.3 Å². The third-order valence-corrected chi connectivity index (χ3v) is 2.17. The van der Waals surface area contributed by atoms with Crippen LogP contribution in [0.3, 0.4) is 0 Å². The summed E-state index contributed by atoms with van der Waals surface area (Å²) < 4.78 is 0. The van der Waals surface area contributed by atoms with Gasteiger partial charge in [-0.1, -0.05) is 12.1 Å². The quantitative estimate of drug-likeness (QED) is 0.553. The second-order valence-electron chi connectivity index (χ2n) is 3.14. The first-order chi connectivity index (χ1) is 7.11. The summed E-state index contributed by atoms with van der Waals surface area (Å²) >= 11 is 0. The van der Waals surface area contributed by atoms with E-state index in [0.717, 1.165) is 0 Å². The first-order valence-corrected chi connectivity index (χ1v) is 4.28. The maximum Gasteiger partial charge on any atom is 0.281 e. The Morgan fingerprint density at radius 1 is 1.47 bits per heavy atom. The number of hydrogen-bond donors (Lipinski definition) is 3. The zero-order valence-electron chi connectivity index (χ0n) is 7.68. The molecule has 0 radical (unpaired) electrons. The summed E-state index contributed by atoms with van der Waals surface area (Å²) in [7, 11) is 0. The number of fused-ring (bicyclic) bond motifs is 1. The van der Waals surface area contributed by atoms with Gasteiger partial charge in [0.05, 0.1) is 5.56 Å². The molecule has 0 spiro atoms. The van der Waals surface area contributed by atoms with E-state index in [9.17, 15) is 14.8 Å². The van der Waals surface area contributed by atoms with Crippen LogP contribution in [0.4, 0.5) is 5.69 Å². The Hall–Kier alpha value is -2.08. The van der Waals surface area contributed by atoms with E-state index in [1.54, 1.807) is 24.3 Å². The van der Waals surface area contributed by atoms with Gasteiger partial charge in [-0.25, -0.2) is 0 Å². The van der Waals surface area contributed by atoms with Crippen molar-refractivity contribution in [1.29, 1.82) is 0 Å². The van der Waals surface area contributed by atoms with Crippen LogP contribution in [0.25, 0.3) is 0 Å². The normalized spacial score (nSPS) is 19.4. The number of rotatable bonds is 1. The third kappa shape index (κ3) is 1.40. The van der Waals surface area contributed by atoms with E-state index in [0.29, 0.717) is 16.3 Å². The third-order valence-electron chi connectivity index (χ3n) is 2.17.